The lowest BCUT2D eigenvalue weighted by molar-refractivity contribution is -0.117. The molecule has 0 spiro atoms. The van der Waals surface area contributed by atoms with Crippen LogP contribution in [0.3, 0.4) is 0 Å². The normalized spacial score (nSPS) is 14.7. The summed E-state index contributed by atoms with van der Waals surface area (Å²) in [6.45, 7) is 2.21. The molecule has 27 heavy (non-hydrogen) atoms. The standard InChI is InChI=1S/C19H20F2N4O2/c20-14-4-6-16(7-5-14)23-19(27)25-10-8-24(9-11-25)13-18(26)22-17-3-1-2-15(21)12-17/h1-7,12H,8-11,13H2,(H,22,26)(H,23,27). The highest BCUT2D eigenvalue weighted by Gasteiger charge is 2.22. The number of piperazine rings is 1. The fourth-order valence-corrected chi connectivity index (χ4v) is 2.81. The third-order valence-electron chi connectivity index (χ3n) is 4.23. The maximum atomic E-state index is 13.1. The first-order valence-corrected chi connectivity index (χ1v) is 8.59. The molecule has 8 heteroatoms. The Morgan fingerprint density at radius 1 is 0.852 bits per heavy atom. The van der Waals surface area contributed by atoms with Crippen LogP contribution >= 0.6 is 0 Å². The van der Waals surface area contributed by atoms with E-state index in [0.29, 0.717) is 37.6 Å². The molecule has 0 radical (unpaired) electrons. The molecule has 0 saturated carbocycles. The predicted octanol–water partition coefficient (Wildman–Crippen LogP) is 2.75. The van der Waals surface area contributed by atoms with Crippen LogP contribution in [0, 0.1) is 11.6 Å². The van der Waals surface area contributed by atoms with E-state index in [4.69, 9.17) is 0 Å². The van der Waals surface area contributed by atoms with E-state index < -0.39 is 5.82 Å². The molecule has 0 atom stereocenters. The molecule has 2 aromatic rings. The molecule has 1 aliphatic rings. The zero-order chi connectivity index (χ0) is 19.2. The van der Waals surface area contributed by atoms with Crippen LogP contribution < -0.4 is 10.6 Å². The van der Waals surface area contributed by atoms with E-state index in [2.05, 4.69) is 10.6 Å². The van der Waals surface area contributed by atoms with Gasteiger partial charge in [-0.3, -0.25) is 9.69 Å². The molecule has 1 fully saturated rings. The second kappa shape index (κ2) is 8.59. The van der Waals surface area contributed by atoms with Crippen molar-refractivity contribution in [3.05, 3.63) is 60.2 Å². The number of nitrogens with zero attached hydrogens (tertiary/aromatic N) is 2. The van der Waals surface area contributed by atoms with Crippen LogP contribution in [0.5, 0.6) is 0 Å². The molecule has 142 valence electrons. The van der Waals surface area contributed by atoms with Gasteiger partial charge in [-0.25, -0.2) is 13.6 Å². The van der Waals surface area contributed by atoms with E-state index in [1.165, 1.54) is 42.5 Å². The van der Waals surface area contributed by atoms with E-state index >= 15 is 0 Å². The second-order valence-corrected chi connectivity index (χ2v) is 6.26. The molecule has 3 amide bonds. The Hall–Kier alpha value is -3.00. The van der Waals surface area contributed by atoms with Crippen molar-refractivity contribution in [1.82, 2.24) is 9.80 Å². The van der Waals surface area contributed by atoms with E-state index in [1.807, 2.05) is 4.90 Å². The maximum absolute atomic E-state index is 13.1. The molecule has 1 heterocycles. The fraction of sp³-hybridized carbons (Fsp3) is 0.263. The first-order valence-electron chi connectivity index (χ1n) is 8.59. The zero-order valence-corrected chi connectivity index (χ0v) is 14.6. The van der Waals surface area contributed by atoms with Crippen LogP contribution in [-0.2, 0) is 4.79 Å². The first kappa shape index (κ1) is 18.8. The Labute approximate surface area is 155 Å². The van der Waals surface area contributed by atoms with Crippen molar-refractivity contribution in [2.75, 3.05) is 43.4 Å². The summed E-state index contributed by atoms with van der Waals surface area (Å²) in [7, 11) is 0. The largest absolute Gasteiger partial charge is 0.325 e. The van der Waals surface area contributed by atoms with E-state index in [1.54, 1.807) is 11.0 Å². The van der Waals surface area contributed by atoms with Crippen molar-refractivity contribution in [1.29, 1.82) is 0 Å². The van der Waals surface area contributed by atoms with Crippen LogP contribution in [0.15, 0.2) is 48.5 Å². The van der Waals surface area contributed by atoms with Gasteiger partial charge in [0, 0.05) is 37.6 Å². The van der Waals surface area contributed by atoms with Crippen LogP contribution in [0.1, 0.15) is 0 Å². The Morgan fingerprint density at radius 2 is 1.56 bits per heavy atom. The minimum Gasteiger partial charge on any atom is -0.325 e. The van der Waals surface area contributed by atoms with E-state index in [0.717, 1.165) is 0 Å². The van der Waals surface area contributed by atoms with Gasteiger partial charge in [0.05, 0.1) is 6.54 Å². The third-order valence-corrected chi connectivity index (χ3v) is 4.23. The highest BCUT2D eigenvalue weighted by Crippen LogP contribution is 2.12. The van der Waals surface area contributed by atoms with Crippen LogP contribution in [-0.4, -0.2) is 54.5 Å². The van der Waals surface area contributed by atoms with Gasteiger partial charge in [0.2, 0.25) is 5.91 Å². The van der Waals surface area contributed by atoms with Gasteiger partial charge in [-0.1, -0.05) is 6.07 Å². The highest BCUT2D eigenvalue weighted by atomic mass is 19.1. The molecular weight excluding hydrogens is 354 g/mol. The van der Waals surface area contributed by atoms with Gasteiger partial charge in [0.15, 0.2) is 0 Å². The summed E-state index contributed by atoms with van der Waals surface area (Å²) in [4.78, 5) is 27.9. The van der Waals surface area contributed by atoms with Gasteiger partial charge in [0.1, 0.15) is 11.6 Å². The topological polar surface area (TPSA) is 64.7 Å². The lowest BCUT2D eigenvalue weighted by Gasteiger charge is -2.34. The van der Waals surface area contributed by atoms with Crippen molar-refractivity contribution in [3.63, 3.8) is 0 Å². The lowest BCUT2D eigenvalue weighted by atomic mass is 10.3. The number of carbonyl (C=O) groups is 2. The molecule has 0 aromatic heterocycles. The number of carbonyl (C=O) groups excluding carboxylic acids is 2. The minimum absolute atomic E-state index is 0.171. The number of rotatable bonds is 4. The molecule has 0 aliphatic carbocycles. The van der Waals surface area contributed by atoms with Gasteiger partial charge in [-0.2, -0.15) is 0 Å². The van der Waals surface area contributed by atoms with Crippen molar-refractivity contribution < 1.29 is 18.4 Å². The summed E-state index contributed by atoms with van der Waals surface area (Å²) < 4.78 is 26.1. The number of nitrogens with one attached hydrogen (secondary N) is 2. The van der Waals surface area contributed by atoms with Crippen molar-refractivity contribution >= 4 is 23.3 Å². The lowest BCUT2D eigenvalue weighted by Crippen LogP contribution is -2.51. The number of hydrogen-bond acceptors (Lipinski definition) is 3. The molecule has 1 aliphatic heterocycles. The summed E-state index contributed by atoms with van der Waals surface area (Å²) in [5.41, 5.74) is 0.940. The van der Waals surface area contributed by atoms with Gasteiger partial charge in [0.25, 0.3) is 0 Å². The Kier molecular flexibility index (Phi) is 5.97. The van der Waals surface area contributed by atoms with E-state index in [-0.39, 0.29) is 24.3 Å². The average molecular weight is 374 g/mol. The highest BCUT2D eigenvalue weighted by molar-refractivity contribution is 5.92. The summed E-state index contributed by atoms with van der Waals surface area (Å²) >= 11 is 0. The van der Waals surface area contributed by atoms with Crippen molar-refractivity contribution in [2.24, 2.45) is 0 Å². The Balaban J connectivity index is 1.43. The number of halogens is 2. The summed E-state index contributed by atoms with van der Waals surface area (Å²) in [5, 5.41) is 5.38. The third kappa shape index (κ3) is 5.49. The average Bonchev–Trinajstić information content (AvgIpc) is 2.64. The first-order chi connectivity index (χ1) is 13.0. The number of benzene rings is 2. The molecule has 3 rings (SSSR count). The van der Waals surface area contributed by atoms with Crippen LogP contribution in [0.25, 0.3) is 0 Å². The van der Waals surface area contributed by atoms with Crippen LogP contribution in [0.2, 0.25) is 0 Å². The smallest absolute Gasteiger partial charge is 0.321 e. The maximum Gasteiger partial charge on any atom is 0.321 e. The molecule has 0 unspecified atom stereocenters. The van der Waals surface area contributed by atoms with Gasteiger partial charge < -0.3 is 15.5 Å². The molecule has 1 saturated heterocycles. The van der Waals surface area contributed by atoms with Crippen LogP contribution in [0.4, 0.5) is 25.0 Å². The fourth-order valence-electron chi connectivity index (χ4n) is 2.81. The van der Waals surface area contributed by atoms with Crippen molar-refractivity contribution in [3.8, 4) is 0 Å². The number of anilines is 2. The summed E-state index contributed by atoms with van der Waals surface area (Å²) in [5.74, 6) is -1.00. The number of hydrogen-bond donors (Lipinski definition) is 2. The zero-order valence-electron chi connectivity index (χ0n) is 14.6. The summed E-state index contributed by atoms with van der Waals surface area (Å²) in [6.07, 6.45) is 0. The summed E-state index contributed by atoms with van der Waals surface area (Å²) in [6, 6.07) is 11.0. The molecule has 6 nitrogen and oxygen atoms in total. The molecule has 2 aromatic carbocycles. The monoisotopic (exact) mass is 374 g/mol. The minimum atomic E-state index is -0.409. The predicted molar refractivity (Wildman–Crippen MR) is 98.5 cm³/mol. The number of urea groups is 1. The Morgan fingerprint density at radius 3 is 2.22 bits per heavy atom. The molecule has 2 N–H and O–H groups in total. The number of amides is 3. The molecule has 0 bridgehead atoms. The van der Waals surface area contributed by atoms with E-state index in [9.17, 15) is 18.4 Å². The van der Waals surface area contributed by atoms with Gasteiger partial charge >= 0.3 is 6.03 Å². The van der Waals surface area contributed by atoms with Crippen molar-refractivity contribution in [2.45, 2.75) is 0 Å². The Bertz CT molecular complexity index is 806. The van der Waals surface area contributed by atoms with Gasteiger partial charge in [-0.05, 0) is 42.5 Å². The quantitative estimate of drug-likeness (QED) is 0.865. The van der Waals surface area contributed by atoms with Gasteiger partial charge in [-0.15, -0.1) is 0 Å². The second-order valence-electron chi connectivity index (χ2n) is 6.26. The SMILES string of the molecule is O=C(CN1CCN(C(=O)Nc2ccc(F)cc2)CC1)Nc1cccc(F)c1. The molecular formula is C19H20F2N4O2.